The molecule has 0 aliphatic carbocycles. The van der Waals surface area contributed by atoms with Crippen LogP contribution in [0.2, 0.25) is 0 Å². The molecule has 3 rings (SSSR count). The van der Waals surface area contributed by atoms with Crippen molar-refractivity contribution in [1.82, 2.24) is 4.90 Å². The van der Waals surface area contributed by atoms with Gasteiger partial charge in [-0.25, -0.2) is 0 Å². The number of aliphatic hydroxyl groups is 1. The zero-order valence-electron chi connectivity index (χ0n) is 24.9. The smallest absolute Gasteiger partial charge is 0.312 e. The lowest BCUT2D eigenvalue weighted by Gasteiger charge is -2.36. The number of ether oxygens (including phenoxy) is 1. The Hall–Kier alpha value is -3.21. The lowest BCUT2D eigenvalue weighted by atomic mass is 9.95. The maximum Gasteiger partial charge on any atom is 0.312 e. The van der Waals surface area contributed by atoms with Crippen LogP contribution in [0.25, 0.3) is 0 Å². The van der Waals surface area contributed by atoms with E-state index < -0.39 is 24.1 Å². The largest absolute Gasteiger partial charge is 0.456 e. The number of aryl methyl sites for hydroxylation is 4. The van der Waals surface area contributed by atoms with E-state index in [2.05, 4.69) is 75.9 Å². The number of carbonyl (C=O) groups excluding carboxylic acids is 1. The van der Waals surface area contributed by atoms with Crippen molar-refractivity contribution in [2.75, 3.05) is 0 Å². The van der Waals surface area contributed by atoms with Crippen molar-refractivity contribution < 1.29 is 14.6 Å². The lowest BCUT2D eigenvalue weighted by Crippen LogP contribution is -2.40. The van der Waals surface area contributed by atoms with Crippen LogP contribution in [0, 0.1) is 33.6 Å². The van der Waals surface area contributed by atoms with Crippen molar-refractivity contribution in [3.8, 4) is 0 Å². The summed E-state index contributed by atoms with van der Waals surface area (Å²) in [5, 5.41) is 10.7. The van der Waals surface area contributed by atoms with Crippen molar-refractivity contribution in [3.05, 3.63) is 117 Å². The van der Waals surface area contributed by atoms with E-state index in [0.717, 1.165) is 24.2 Å². The highest BCUT2D eigenvalue weighted by molar-refractivity contribution is 5.73. The molecule has 4 atom stereocenters. The van der Waals surface area contributed by atoms with Gasteiger partial charge in [-0.15, -0.1) is 0 Å². The van der Waals surface area contributed by atoms with Crippen LogP contribution < -0.4 is 0 Å². The minimum absolute atomic E-state index is 0.136. The van der Waals surface area contributed by atoms with Gasteiger partial charge in [0.25, 0.3) is 0 Å². The molecule has 0 saturated heterocycles. The molecule has 3 aromatic rings. The Balaban J connectivity index is 2.02. The normalized spacial score (nSPS) is 15.1. The molecule has 0 amide bonds. The Morgan fingerprint density at radius 2 is 1.49 bits per heavy atom. The van der Waals surface area contributed by atoms with Crippen molar-refractivity contribution in [3.63, 3.8) is 0 Å². The van der Waals surface area contributed by atoms with E-state index in [1.165, 1.54) is 33.4 Å². The molecule has 0 unspecified atom stereocenters. The number of rotatable bonds is 11. The van der Waals surface area contributed by atoms with Crippen LogP contribution in [-0.2, 0) is 22.6 Å². The minimum Gasteiger partial charge on any atom is -0.456 e. The number of carbonyl (C=O) groups is 1. The average Bonchev–Trinajstić information content (AvgIpc) is 2.92. The molecule has 1 N–H and O–H groups in total. The molecule has 0 spiro atoms. The maximum absolute atomic E-state index is 13.4. The first-order chi connectivity index (χ1) is 18.5. The number of hydrogen-bond acceptors (Lipinski definition) is 4. The predicted molar refractivity (Wildman–Crippen MR) is 160 cm³/mol. The van der Waals surface area contributed by atoms with Crippen LogP contribution in [0.4, 0.5) is 0 Å². The van der Waals surface area contributed by atoms with Crippen molar-refractivity contribution in [2.24, 2.45) is 5.92 Å². The van der Waals surface area contributed by atoms with Crippen LogP contribution in [0.15, 0.2) is 78.4 Å². The third-order valence-corrected chi connectivity index (χ3v) is 7.99. The first kappa shape index (κ1) is 30.3. The van der Waals surface area contributed by atoms with Crippen LogP contribution in [0.5, 0.6) is 0 Å². The molecule has 4 heteroatoms. The summed E-state index contributed by atoms with van der Waals surface area (Å²) in [7, 11) is 0. The number of allylic oxidation sites excluding steroid dienone is 1. The predicted octanol–water partition coefficient (Wildman–Crippen LogP) is 7.56. The Bertz CT molecular complexity index is 1260. The third-order valence-electron chi connectivity index (χ3n) is 7.99. The second-order valence-electron chi connectivity index (χ2n) is 11.0. The summed E-state index contributed by atoms with van der Waals surface area (Å²) >= 11 is 0. The van der Waals surface area contributed by atoms with E-state index >= 15 is 0 Å². The molecular weight excluding hydrogens is 482 g/mol. The Morgan fingerprint density at radius 3 is 2.08 bits per heavy atom. The Kier molecular flexibility index (Phi) is 10.7. The minimum atomic E-state index is -0.879. The van der Waals surface area contributed by atoms with Crippen LogP contribution in [0.3, 0.4) is 0 Å². The lowest BCUT2D eigenvalue weighted by molar-refractivity contribution is -0.160. The summed E-state index contributed by atoms with van der Waals surface area (Å²) in [6.07, 6.45) is 0.451. The number of aliphatic hydroxyl groups excluding tert-OH is 1. The van der Waals surface area contributed by atoms with Crippen LogP contribution in [-0.4, -0.2) is 28.1 Å². The molecule has 0 aliphatic heterocycles. The van der Waals surface area contributed by atoms with Gasteiger partial charge in [-0.05, 0) is 94.3 Å². The van der Waals surface area contributed by atoms with Gasteiger partial charge in [0.05, 0.1) is 12.0 Å². The molecule has 208 valence electrons. The van der Waals surface area contributed by atoms with E-state index in [1.54, 1.807) is 6.92 Å². The highest BCUT2D eigenvalue weighted by Gasteiger charge is 2.33. The molecule has 0 aromatic heterocycles. The molecule has 39 heavy (non-hydrogen) atoms. The zero-order chi connectivity index (χ0) is 28.7. The SMILES string of the molecule is C/C=C(\C)[C@@H](O)[C@@H](C)C(=O)O[C@H](c1ccccc1)[C@H](C)N(Cc1ccccc1C)Cc1c(C)cc(C)cc1C. The number of benzene rings is 3. The summed E-state index contributed by atoms with van der Waals surface area (Å²) in [5.74, 6) is -1.08. The third kappa shape index (κ3) is 7.68. The standard InChI is InChI=1S/C35H45NO3/c1-9-24(3)33(37)28(7)35(38)39-34(30-16-11-10-12-17-30)29(8)36(21-31-18-14-13-15-25(31)4)22-32-26(5)19-23(2)20-27(32)6/h9-20,28-29,33-34,37H,21-22H2,1-8H3/b24-9+/t28-,29+,33-,34+/m1/s1. The molecule has 0 radical (unpaired) electrons. The van der Waals surface area contributed by atoms with Crippen LogP contribution in [0.1, 0.15) is 72.7 Å². The zero-order valence-corrected chi connectivity index (χ0v) is 24.9. The van der Waals surface area contributed by atoms with Gasteiger partial charge in [0.1, 0.15) is 6.10 Å². The molecular formula is C35H45NO3. The van der Waals surface area contributed by atoms with Gasteiger partial charge in [0.2, 0.25) is 0 Å². The van der Waals surface area contributed by atoms with Crippen molar-refractivity contribution >= 4 is 5.97 Å². The van der Waals surface area contributed by atoms with Crippen molar-refractivity contribution in [1.29, 1.82) is 0 Å². The molecule has 3 aromatic carbocycles. The monoisotopic (exact) mass is 527 g/mol. The fraction of sp³-hybridized carbons (Fsp3) is 0.400. The second kappa shape index (κ2) is 13.7. The van der Waals surface area contributed by atoms with Gasteiger partial charge >= 0.3 is 5.97 Å². The quantitative estimate of drug-likeness (QED) is 0.206. The van der Waals surface area contributed by atoms with E-state index in [0.29, 0.717) is 0 Å². The maximum atomic E-state index is 13.4. The Labute approximate surface area is 235 Å². The van der Waals surface area contributed by atoms with E-state index in [1.807, 2.05) is 50.3 Å². The molecule has 0 bridgehead atoms. The van der Waals surface area contributed by atoms with E-state index in [-0.39, 0.29) is 6.04 Å². The van der Waals surface area contributed by atoms with Crippen LogP contribution >= 0.6 is 0 Å². The summed E-state index contributed by atoms with van der Waals surface area (Å²) in [5.41, 5.74) is 9.27. The van der Waals surface area contributed by atoms with Crippen molar-refractivity contribution in [2.45, 2.75) is 86.7 Å². The van der Waals surface area contributed by atoms with Gasteiger partial charge in [0.15, 0.2) is 0 Å². The second-order valence-corrected chi connectivity index (χ2v) is 11.0. The first-order valence-corrected chi connectivity index (χ1v) is 13.9. The molecule has 0 heterocycles. The van der Waals surface area contributed by atoms with Gasteiger partial charge in [0, 0.05) is 19.1 Å². The fourth-order valence-corrected chi connectivity index (χ4v) is 5.22. The molecule has 0 saturated carbocycles. The fourth-order valence-electron chi connectivity index (χ4n) is 5.22. The summed E-state index contributed by atoms with van der Waals surface area (Å²) in [6.45, 7) is 17.6. The average molecular weight is 528 g/mol. The number of esters is 1. The summed E-state index contributed by atoms with van der Waals surface area (Å²) < 4.78 is 6.27. The van der Waals surface area contributed by atoms with E-state index in [4.69, 9.17) is 4.74 Å². The Morgan fingerprint density at radius 1 is 0.897 bits per heavy atom. The number of nitrogens with zero attached hydrogens (tertiary/aromatic N) is 1. The van der Waals surface area contributed by atoms with Gasteiger partial charge in [-0.2, -0.15) is 0 Å². The summed E-state index contributed by atoms with van der Waals surface area (Å²) in [6, 6.07) is 22.7. The molecule has 0 fully saturated rings. The first-order valence-electron chi connectivity index (χ1n) is 13.9. The van der Waals surface area contributed by atoms with Gasteiger partial charge in [-0.3, -0.25) is 9.69 Å². The highest BCUT2D eigenvalue weighted by Crippen LogP contribution is 2.31. The molecule has 4 nitrogen and oxygen atoms in total. The van der Waals surface area contributed by atoms with Gasteiger partial charge < -0.3 is 9.84 Å². The van der Waals surface area contributed by atoms with E-state index in [9.17, 15) is 9.90 Å². The van der Waals surface area contributed by atoms with Gasteiger partial charge in [-0.1, -0.05) is 78.4 Å². The number of hydrogen-bond donors (Lipinski definition) is 1. The topological polar surface area (TPSA) is 49.8 Å². The highest BCUT2D eigenvalue weighted by atomic mass is 16.5. The summed E-state index contributed by atoms with van der Waals surface area (Å²) in [4.78, 5) is 15.8. The molecule has 0 aliphatic rings.